The molecule has 0 radical (unpaired) electrons. The molecule has 0 atom stereocenters. The molecule has 2 saturated heterocycles. The van der Waals surface area contributed by atoms with Gasteiger partial charge in [-0.1, -0.05) is 22.7 Å². The van der Waals surface area contributed by atoms with Crippen LogP contribution in [-0.2, 0) is 0 Å². The van der Waals surface area contributed by atoms with Crippen LogP contribution in [0.15, 0.2) is 18.5 Å². The number of nitrogens with one attached hydrogen (secondary N) is 1. The van der Waals surface area contributed by atoms with Gasteiger partial charge in [0.1, 0.15) is 33.6 Å². The molecule has 11 nitrogen and oxygen atoms in total. The molecule has 188 valence electrons. The summed E-state index contributed by atoms with van der Waals surface area (Å²) in [5.41, 5.74) is 0. The van der Waals surface area contributed by atoms with Crippen LogP contribution < -0.4 is 15.0 Å². The molecule has 14 heteroatoms. The first kappa shape index (κ1) is 24.3. The molecule has 1 amide bonds. The van der Waals surface area contributed by atoms with Gasteiger partial charge in [-0.2, -0.15) is 19.6 Å². The van der Waals surface area contributed by atoms with Crippen LogP contribution in [0.25, 0.3) is 0 Å². The average Bonchev–Trinajstić information content (AvgIpc) is 3.53. The molecule has 2 aliphatic rings. The monoisotopic (exact) mass is 529 g/mol. The van der Waals surface area contributed by atoms with Crippen LogP contribution in [0.4, 0.5) is 21.2 Å². The smallest absolute Gasteiger partial charge is 0.320 e. The van der Waals surface area contributed by atoms with Crippen LogP contribution in [0.2, 0.25) is 0 Å². The summed E-state index contributed by atoms with van der Waals surface area (Å²) in [6, 6.07) is 4.20. The number of hydrogen-bond acceptors (Lipinski definition) is 12. The number of halogens is 1. The zero-order valence-corrected chi connectivity index (χ0v) is 21.2. The van der Waals surface area contributed by atoms with Crippen molar-refractivity contribution in [3.05, 3.63) is 33.5 Å². The van der Waals surface area contributed by atoms with Crippen LogP contribution in [-0.4, -0.2) is 88.1 Å². The highest BCUT2D eigenvalue weighted by Crippen LogP contribution is 2.27. The third-order valence-electron chi connectivity index (χ3n) is 6.06. The Morgan fingerprint density at radius 1 is 1.14 bits per heavy atom. The number of nitriles is 1. The van der Waals surface area contributed by atoms with Gasteiger partial charge in [-0.05, 0) is 7.05 Å². The SMILES string of the molecule is CN1CCN(c2cc(Nc3ncc(C#N)s3)nc(OC3CCN(C(=O)c4cnc(F)s4)CC3)n2)CC1. The second kappa shape index (κ2) is 10.7. The highest BCUT2D eigenvalue weighted by atomic mass is 32.1. The Balaban J connectivity index is 1.28. The Morgan fingerprint density at radius 3 is 2.58 bits per heavy atom. The van der Waals surface area contributed by atoms with Gasteiger partial charge in [-0.15, -0.1) is 0 Å². The quantitative estimate of drug-likeness (QED) is 0.510. The number of anilines is 3. The van der Waals surface area contributed by atoms with E-state index in [4.69, 9.17) is 10.00 Å². The molecule has 0 saturated carbocycles. The zero-order chi connectivity index (χ0) is 25.1. The van der Waals surface area contributed by atoms with Crippen molar-refractivity contribution in [1.82, 2.24) is 29.7 Å². The third kappa shape index (κ3) is 5.69. The Labute approximate surface area is 215 Å². The predicted molar refractivity (Wildman–Crippen MR) is 133 cm³/mol. The molecule has 0 unspecified atom stereocenters. The number of nitrogens with zero attached hydrogens (tertiary/aromatic N) is 8. The number of carbonyl (C=O) groups is 1. The Kier molecular flexibility index (Phi) is 7.21. The van der Waals surface area contributed by atoms with Crippen molar-refractivity contribution >= 4 is 45.3 Å². The summed E-state index contributed by atoms with van der Waals surface area (Å²) < 4.78 is 19.4. The first-order chi connectivity index (χ1) is 17.5. The van der Waals surface area contributed by atoms with E-state index >= 15 is 0 Å². The van der Waals surface area contributed by atoms with Crippen LogP contribution in [0, 0.1) is 16.6 Å². The maximum atomic E-state index is 13.2. The minimum Gasteiger partial charge on any atom is -0.460 e. The van der Waals surface area contributed by atoms with Gasteiger partial charge in [0.2, 0.25) is 0 Å². The summed E-state index contributed by atoms with van der Waals surface area (Å²) in [5.74, 6) is 1.08. The molecular weight excluding hydrogens is 505 g/mol. The summed E-state index contributed by atoms with van der Waals surface area (Å²) in [4.78, 5) is 36.5. The summed E-state index contributed by atoms with van der Waals surface area (Å²) in [6.07, 6.45) is 3.85. The maximum absolute atomic E-state index is 13.2. The van der Waals surface area contributed by atoms with Crippen LogP contribution in [0.1, 0.15) is 27.4 Å². The lowest BCUT2D eigenvalue weighted by molar-refractivity contribution is 0.0583. The van der Waals surface area contributed by atoms with E-state index in [2.05, 4.69) is 48.2 Å². The molecule has 36 heavy (non-hydrogen) atoms. The zero-order valence-electron chi connectivity index (χ0n) is 19.6. The summed E-state index contributed by atoms with van der Waals surface area (Å²) >= 11 is 2.00. The second-order valence-electron chi connectivity index (χ2n) is 8.54. The van der Waals surface area contributed by atoms with E-state index in [-0.39, 0.29) is 18.0 Å². The standard InChI is InChI=1S/C22H24FN9O2S2/c1-30-6-8-31(9-7-30)18-10-17(28-22-26-12-15(11-24)35-22)27-21(29-18)34-14-2-4-32(5-3-14)19(33)16-13-25-20(23)36-16/h10,12-14H,2-9H2,1H3,(H,26,27,28,29). The molecule has 0 aliphatic carbocycles. The molecule has 5 heterocycles. The molecule has 0 spiro atoms. The van der Waals surface area contributed by atoms with E-state index < -0.39 is 5.26 Å². The molecule has 3 aromatic heterocycles. The van der Waals surface area contributed by atoms with Crippen molar-refractivity contribution < 1.29 is 13.9 Å². The van der Waals surface area contributed by atoms with Crippen molar-refractivity contribution in [3.63, 3.8) is 0 Å². The van der Waals surface area contributed by atoms with Gasteiger partial charge >= 0.3 is 6.01 Å². The molecule has 0 aromatic carbocycles. The Morgan fingerprint density at radius 2 is 1.92 bits per heavy atom. The molecule has 3 aromatic rings. The topological polar surface area (TPSA) is 123 Å². The van der Waals surface area contributed by atoms with Gasteiger partial charge in [0.15, 0.2) is 5.13 Å². The van der Waals surface area contributed by atoms with Crippen LogP contribution in [0.3, 0.4) is 0 Å². The van der Waals surface area contributed by atoms with Crippen molar-refractivity contribution in [2.75, 3.05) is 56.5 Å². The van der Waals surface area contributed by atoms with E-state index in [0.29, 0.717) is 46.6 Å². The molecule has 1 N–H and O–H groups in total. The fourth-order valence-electron chi connectivity index (χ4n) is 4.05. The largest absolute Gasteiger partial charge is 0.460 e. The fraction of sp³-hybridized carbons (Fsp3) is 0.455. The van der Waals surface area contributed by atoms with Crippen molar-refractivity contribution in [3.8, 4) is 12.1 Å². The number of hydrogen-bond donors (Lipinski definition) is 1. The second-order valence-corrected chi connectivity index (χ2v) is 10.5. The number of amides is 1. The molecular formula is C22H24FN9O2S2. The number of thiazole rings is 2. The number of ether oxygens (including phenoxy) is 1. The van der Waals surface area contributed by atoms with Gasteiger partial charge in [0.05, 0.1) is 12.4 Å². The Bertz CT molecular complexity index is 1260. The van der Waals surface area contributed by atoms with Gasteiger partial charge in [-0.25, -0.2) is 9.97 Å². The fourth-order valence-corrected chi connectivity index (χ4v) is 5.28. The van der Waals surface area contributed by atoms with Crippen molar-refractivity contribution in [1.29, 1.82) is 5.26 Å². The normalized spacial score (nSPS) is 17.1. The molecule has 2 aliphatic heterocycles. The van der Waals surface area contributed by atoms with E-state index in [1.54, 1.807) is 4.90 Å². The third-order valence-corrected chi connectivity index (χ3v) is 7.65. The minimum absolute atomic E-state index is 0.159. The highest BCUT2D eigenvalue weighted by Gasteiger charge is 2.27. The lowest BCUT2D eigenvalue weighted by atomic mass is 10.1. The number of rotatable bonds is 6. The lowest BCUT2D eigenvalue weighted by Gasteiger charge is -2.34. The summed E-state index contributed by atoms with van der Waals surface area (Å²) in [5, 5.41) is 12.2. The van der Waals surface area contributed by atoms with E-state index in [1.165, 1.54) is 23.7 Å². The van der Waals surface area contributed by atoms with Gasteiger partial charge in [0.25, 0.3) is 11.2 Å². The first-order valence-electron chi connectivity index (χ1n) is 11.5. The number of aromatic nitrogens is 4. The van der Waals surface area contributed by atoms with E-state index in [9.17, 15) is 9.18 Å². The highest BCUT2D eigenvalue weighted by molar-refractivity contribution is 7.16. The lowest BCUT2D eigenvalue weighted by Crippen LogP contribution is -2.45. The summed E-state index contributed by atoms with van der Waals surface area (Å²) in [7, 11) is 2.09. The van der Waals surface area contributed by atoms with Crippen molar-refractivity contribution in [2.45, 2.75) is 18.9 Å². The maximum Gasteiger partial charge on any atom is 0.320 e. The van der Waals surface area contributed by atoms with Gasteiger partial charge in [0, 0.05) is 58.2 Å². The number of piperidine rings is 1. The number of carbonyl (C=O) groups excluding carboxylic acids is 1. The molecule has 5 rings (SSSR count). The average molecular weight is 530 g/mol. The Hall–Kier alpha value is -3.41. The number of piperazine rings is 1. The van der Waals surface area contributed by atoms with Crippen LogP contribution in [0.5, 0.6) is 6.01 Å². The number of likely N-dealkylation sites (N-methyl/N-ethyl adjacent to an activating group) is 1. The van der Waals surface area contributed by atoms with Gasteiger partial charge < -0.3 is 24.8 Å². The molecule has 2 fully saturated rings. The molecule has 0 bridgehead atoms. The van der Waals surface area contributed by atoms with Crippen molar-refractivity contribution in [2.24, 2.45) is 0 Å². The summed E-state index contributed by atoms with van der Waals surface area (Å²) in [6.45, 7) is 4.50. The minimum atomic E-state index is -0.611. The van der Waals surface area contributed by atoms with Crippen LogP contribution >= 0.6 is 22.7 Å². The predicted octanol–water partition coefficient (Wildman–Crippen LogP) is 2.58. The first-order valence-corrected chi connectivity index (χ1v) is 13.1. The van der Waals surface area contributed by atoms with Gasteiger partial charge in [-0.3, -0.25) is 4.79 Å². The van der Waals surface area contributed by atoms with E-state index in [0.717, 1.165) is 43.3 Å². The van der Waals surface area contributed by atoms with E-state index in [1.807, 2.05) is 6.07 Å². The number of likely N-dealkylation sites (tertiary alicyclic amines) is 1.